The molecule has 0 radical (unpaired) electrons. The average molecular weight is 378 g/mol. The standard InChI is InChI=1S/C22H26N4O2/c1-26(2)20-13-18-17(23-21(24-18)14-6-4-5-7-14)12-19(20)25-22(27)15-8-10-16(28-3)11-9-15/h8-14H,4-7H2,1-3H3,(H,23,24)(H,25,27). The minimum absolute atomic E-state index is 0.152. The molecule has 0 spiro atoms. The lowest BCUT2D eigenvalue weighted by Crippen LogP contribution is -2.16. The first-order chi connectivity index (χ1) is 13.5. The van der Waals surface area contributed by atoms with Gasteiger partial charge in [0.15, 0.2) is 0 Å². The second kappa shape index (κ2) is 7.54. The summed E-state index contributed by atoms with van der Waals surface area (Å²) >= 11 is 0. The van der Waals surface area contributed by atoms with Gasteiger partial charge in [0.05, 0.1) is 29.5 Å². The number of nitrogens with one attached hydrogen (secondary N) is 2. The summed E-state index contributed by atoms with van der Waals surface area (Å²) < 4.78 is 5.16. The number of carbonyl (C=O) groups excluding carboxylic acids is 1. The lowest BCUT2D eigenvalue weighted by molar-refractivity contribution is 0.102. The molecule has 1 heterocycles. The first-order valence-electron chi connectivity index (χ1n) is 9.71. The molecule has 0 atom stereocenters. The third-order valence-corrected chi connectivity index (χ3v) is 5.44. The molecule has 0 unspecified atom stereocenters. The highest BCUT2D eigenvalue weighted by molar-refractivity contribution is 6.07. The third-order valence-electron chi connectivity index (χ3n) is 5.44. The van der Waals surface area contributed by atoms with Crippen LogP contribution in [0.1, 0.15) is 47.8 Å². The molecule has 1 aromatic heterocycles. The van der Waals surface area contributed by atoms with Crippen molar-refractivity contribution in [1.82, 2.24) is 9.97 Å². The number of imidazole rings is 1. The number of hydrogen-bond acceptors (Lipinski definition) is 4. The summed E-state index contributed by atoms with van der Waals surface area (Å²) in [5.41, 5.74) is 4.17. The van der Waals surface area contributed by atoms with Gasteiger partial charge in [0.1, 0.15) is 11.6 Å². The Balaban J connectivity index is 1.65. The molecule has 1 aliphatic carbocycles. The molecule has 1 fully saturated rings. The van der Waals surface area contributed by atoms with Gasteiger partial charge in [0.25, 0.3) is 5.91 Å². The van der Waals surface area contributed by atoms with Crippen LogP contribution in [-0.2, 0) is 0 Å². The molecule has 0 bridgehead atoms. The van der Waals surface area contributed by atoms with Gasteiger partial charge >= 0.3 is 0 Å². The molecule has 1 aliphatic rings. The quantitative estimate of drug-likeness (QED) is 0.683. The van der Waals surface area contributed by atoms with Crippen LogP contribution in [0.15, 0.2) is 36.4 Å². The minimum atomic E-state index is -0.152. The number of ether oxygens (including phenoxy) is 1. The highest BCUT2D eigenvalue weighted by Gasteiger charge is 2.21. The predicted octanol–water partition coefficient (Wildman–Crippen LogP) is 4.55. The summed E-state index contributed by atoms with van der Waals surface area (Å²) in [5, 5.41) is 3.05. The molecule has 4 rings (SSSR count). The molecule has 1 amide bonds. The zero-order chi connectivity index (χ0) is 19.7. The summed E-state index contributed by atoms with van der Waals surface area (Å²) in [6.07, 6.45) is 4.94. The number of H-pyrrole nitrogens is 1. The normalized spacial score (nSPS) is 14.4. The molecule has 146 valence electrons. The highest BCUT2D eigenvalue weighted by Crippen LogP contribution is 2.35. The zero-order valence-electron chi connectivity index (χ0n) is 16.6. The van der Waals surface area contributed by atoms with Crippen LogP contribution in [0.4, 0.5) is 11.4 Å². The number of methoxy groups -OCH3 is 1. The fourth-order valence-corrected chi connectivity index (χ4v) is 3.87. The van der Waals surface area contributed by atoms with Crippen molar-refractivity contribution >= 4 is 28.3 Å². The van der Waals surface area contributed by atoms with Crippen molar-refractivity contribution in [3.63, 3.8) is 0 Å². The van der Waals surface area contributed by atoms with Crippen molar-refractivity contribution in [2.75, 3.05) is 31.4 Å². The molecule has 1 saturated carbocycles. The molecular weight excluding hydrogens is 352 g/mol. The van der Waals surface area contributed by atoms with Gasteiger partial charge < -0.3 is 19.9 Å². The average Bonchev–Trinajstić information content (AvgIpc) is 3.36. The Bertz CT molecular complexity index is 986. The largest absolute Gasteiger partial charge is 0.497 e. The van der Waals surface area contributed by atoms with E-state index in [2.05, 4.69) is 10.3 Å². The topological polar surface area (TPSA) is 70.2 Å². The predicted molar refractivity (Wildman–Crippen MR) is 113 cm³/mol. The van der Waals surface area contributed by atoms with Crippen LogP contribution in [0, 0.1) is 0 Å². The summed E-state index contributed by atoms with van der Waals surface area (Å²) in [6.45, 7) is 0. The fourth-order valence-electron chi connectivity index (χ4n) is 3.87. The van der Waals surface area contributed by atoms with Crippen LogP contribution in [0.3, 0.4) is 0 Å². The van der Waals surface area contributed by atoms with E-state index in [-0.39, 0.29) is 5.91 Å². The van der Waals surface area contributed by atoms with Gasteiger partial charge in [0, 0.05) is 25.6 Å². The van der Waals surface area contributed by atoms with Gasteiger partial charge in [-0.25, -0.2) is 4.98 Å². The Morgan fingerprint density at radius 1 is 1.18 bits per heavy atom. The van der Waals surface area contributed by atoms with Crippen LogP contribution >= 0.6 is 0 Å². The molecule has 6 heteroatoms. The number of hydrogen-bond donors (Lipinski definition) is 2. The van der Waals surface area contributed by atoms with Gasteiger partial charge in [-0.1, -0.05) is 12.8 Å². The number of anilines is 2. The van der Waals surface area contributed by atoms with Crippen LogP contribution < -0.4 is 15.0 Å². The Morgan fingerprint density at radius 3 is 2.54 bits per heavy atom. The SMILES string of the molecule is COc1ccc(C(=O)Nc2cc3[nH]c(C4CCCC4)nc3cc2N(C)C)cc1. The van der Waals surface area contributed by atoms with Crippen molar-refractivity contribution in [3.8, 4) is 5.75 Å². The van der Waals surface area contributed by atoms with Gasteiger partial charge in [-0.3, -0.25) is 4.79 Å². The maximum Gasteiger partial charge on any atom is 0.255 e. The number of benzene rings is 2. The van der Waals surface area contributed by atoms with Crippen molar-refractivity contribution < 1.29 is 9.53 Å². The van der Waals surface area contributed by atoms with E-state index in [1.807, 2.05) is 31.1 Å². The summed E-state index contributed by atoms with van der Waals surface area (Å²) in [6, 6.07) is 11.1. The van der Waals surface area contributed by atoms with Crippen LogP contribution in [0.5, 0.6) is 5.75 Å². The number of aromatic nitrogens is 2. The Hall–Kier alpha value is -3.02. The highest BCUT2D eigenvalue weighted by atomic mass is 16.5. The second-order valence-electron chi connectivity index (χ2n) is 7.57. The molecule has 2 aromatic carbocycles. The number of carbonyl (C=O) groups is 1. The van der Waals surface area contributed by atoms with Crippen molar-refractivity contribution in [3.05, 3.63) is 47.8 Å². The van der Waals surface area contributed by atoms with E-state index in [0.29, 0.717) is 11.5 Å². The summed E-state index contributed by atoms with van der Waals surface area (Å²) in [5.74, 6) is 2.16. The van der Waals surface area contributed by atoms with E-state index in [4.69, 9.17) is 9.72 Å². The van der Waals surface area contributed by atoms with Crippen LogP contribution in [-0.4, -0.2) is 37.1 Å². The lowest BCUT2D eigenvalue weighted by atomic mass is 10.1. The lowest BCUT2D eigenvalue weighted by Gasteiger charge is -2.18. The van der Waals surface area contributed by atoms with Gasteiger partial charge in [-0.2, -0.15) is 0 Å². The van der Waals surface area contributed by atoms with Gasteiger partial charge in [-0.15, -0.1) is 0 Å². The molecule has 28 heavy (non-hydrogen) atoms. The second-order valence-corrected chi connectivity index (χ2v) is 7.57. The van der Waals surface area contributed by atoms with E-state index < -0.39 is 0 Å². The van der Waals surface area contributed by atoms with Crippen LogP contribution in [0.2, 0.25) is 0 Å². The summed E-state index contributed by atoms with van der Waals surface area (Å²) in [4.78, 5) is 23.0. The van der Waals surface area contributed by atoms with E-state index in [1.165, 1.54) is 25.7 Å². The first-order valence-corrected chi connectivity index (χ1v) is 9.71. The van der Waals surface area contributed by atoms with Crippen LogP contribution in [0.25, 0.3) is 11.0 Å². The number of aromatic amines is 1. The summed E-state index contributed by atoms with van der Waals surface area (Å²) in [7, 11) is 5.54. The smallest absolute Gasteiger partial charge is 0.255 e. The number of fused-ring (bicyclic) bond motifs is 1. The van der Waals surface area contributed by atoms with Gasteiger partial charge in [0.2, 0.25) is 0 Å². The maximum atomic E-state index is 12.7. The monoisotopic (exact) mass is 378 g/mol. The maximum absolute atomic E-state index is 12.7. The molecule has 2 N–H and O–H groups in total. The van der Waals surface area contributed by atoms with E-state index in [0.717, 1.165) is 34.0 Å². The van der Waals surface area contributed by atoms with Crippen molar-refractivity contribution in [2.45, 2.75) is 31.6 Å². The van der Waals surface area contributed by atoms with Crippen molar-refractivity contribution in [1.29, 1.82) is 0 Å². The van der Waals surface area contributed by atoms with Crippen molar-refractivity contribution in [2.24, 2.45) is 0 Å². The molecule has 0 saturated heterocycles. The van der Waals surface area contributed by atoms with Gasteiger partial charge in [-0.05, 0) is 49.2 Å². The zero-order valence-corrected chi connectivity index (χ0v) is 16.6. The number of rotatable bonds is 5. The minimum Gasteiger partial charge on any atom is -0.497 e. The van der Waals surface area contributed by atoms with E-state index >= 15 is 0 Å². The first kappa shape index (κ1) is 18.3. The molecular formula is C22H26N4O2. The molecule has 6 nitrogen and oxygen atoms in total. The number of amides is 1. The molecule has 3 aromatic rings. The fraction of sp³-hybridized carbons (Fsp3) is 0.364. The molecule has 0 aliphatic heterocycles. The Kier molecular flexibility index (Phi) is 4.94. The van der Waals surface area contributed by atoms with E-state index in [9.17, 15) is 4.79 Å². The Labute approximate surface area is 164 Å². The third kappa shape index (κ3) is 3.54. The van der Waals surface area contributed by atoms with E-state index in [1.54, 1.807) is 31.4 Å². The number of nitrogens with zero attached hydrogens (tertiary/aromatic N) is 2. The Morgan fingerprint density at radius 2 is 1.89 bits per heavy atom.